The standard InChI is InChI=1S/C24H52O6Si3/c1-22(2,3)31(10,11)28-17(16-25)18-19(29-32(12,13)23(4,5)6)20(21(26)27-18)30-33(14,15)24(7,8)9/h17-20,25H,16H2,1-15H3/t17-,18+,19+,20-/m1/s1. The topological polar surface area (TPSA) is 74.2 Å². The van der Waals surface area contributed by atoms with Crippen molar-refractivity contribution >= 4 is 30.9 Å². The lowest BCUT2D eigenvalue weighted by atomic mass is 10.1. The Morgan fingerprint density at radius 1 is 0.788 bits per heavy atom. The lowest BCUT2D eigenvalue weighted by Gasteiger charge is -2.44. The van der Waals surface area contributed by atoms with Crippen molar-refractivity contribution in [3.05, 3.63) is 0 Å². The zero-order chi connectivity index (χ0) is 26.4. The number of hydrogen-bond acceptors (Lipinski definition) is 6. The number of esters is 1. The molecule has 0 aromatic rings. The average molecular weight is 521 g/mol. The van der Waals surface area contributed by atoms with Crippen LogP contribution in [0.2, 0.25) is 54.4 Å². The molecule has 0 aromatic heterocycles. The van der Waals surface area contributed by atoms with E-state index < -0.39 is 55.3 Å². The van der Waals surface area contributed by atoms with E-state index in [1.54, 1.807) is 0 Å². The minimum atomic E-state index is -2.29. The molecule has 1 rings (SSSR count). The predicted molar refractivity (Wildman–Crippen MR) is 143 cm³/mol. The lowest BCUT2D eigenvalue weighted by Crippen LogP contribution is -2.57. The number of rotatable bonds is 8. The van der Waals surface area contributed by atoms with Crippen LogP contribution in [0.1, 0.15) is 62.3 Å². The van der Waals surface area contributed by atoms with Gasteiger partial charge in [-0.3, -0.25) is 0 Å². The first kappa shape index (κ1) is 31.0. The average Bonchev–Trinajstić information content (AvgIpc) is 2.85. The van der Waals surface area contributed by atoms with E-state index in [2.05, 4.69) is 102 Å². The Bertz CT molecular complexity index is 686. The molecule has 0 spiro atoms. The predicted octanol–water partition coefficient (Wildman–Crippen LogP) is 6.08. The van der Waals surface area contributed by atoms with Gasteiger partial charge < -0.3 is 23.1 Å². The van der Waals surface area contributed by atoms with Crippen molar-refractivity contribution in [3.63, 3.8) is 0 Å². The Morgan fingerprint density at radius 3 is 1.55 bits per heavy atom. The van der Waals surface area contributed by atoms with E-state index in [0.717, 1.165) is 0 Å². The fourth-order valence-electron chi connectivity index (χ4n) is 2.88. The van der Waals surface area contributed by atoms with Crippen LogP contribution in [0.25, 0.3) is 0 Å². The molecule has 33 heavy (non-hydrogen) atoms. The molecule has 0 aliphatic carbocycles. The normalized spacial score (nSPS) is 24.7. The van der Waals surface area contributed by atoms with Crippen molar-refractivity contribution < 1.29 is 27.9 Å². The smallest absolute Gasteiger partial charge is 0.337 e. The Labute approximate surface area is 206 Å². The fraction of sp³-hybridized carbons (Fsp3) is 0.958. The molecule has 4 atom stereocenters. The maximum Gasteiger partial charge on any atom is 0.337 e. The summed E-state index contributed by atoms with van der Waals surface area (Å²) in [7, 11) is -6.80. The van der Waals surface area contributed by atoms with Crippen molar-refractivity contribution in [2.24, 2.45) is 0 Å². The molecule has 0 saturated carbocycles. The van der Waals surface area contributed by atoms with Gasteiger partial charge in [-0.15, -0.1) is 0 Å². The molecule has 9 heteroatoms. The van der Waals surface area contributed by atoms with Gasteiger partial charge in [-0.05, 0) is 54.4 Å². The molecule has 1 heterocycles. The van der Waals surface area contributed by atoms with Gasteiger partial charge in [-0.25, -0.2) is 4.79 Å². The number of hydrogen-bond donors (Lipinski definition) is 1. The first-order valence-electron chi connectivity index (χ1n) is 12.2. The third kappa shape index (κ3) is 7.01. The highest BCUT2D eigenvalue weighted by atomic mass is 28.4. The van der Waals surface area contributed by atoms with E-state index in [-0.39, 0.29) is 21.7 Å². The minimum Gasteiger partial charge on any atom is -0.455 e. The van der Waals surface area contributed by atoms with Gasteiger partial charge in [0.2, 0.25) is 0 Å². The maximum atomic E-state index is 13.2. The van der Waals surface area contributed by atoms with Crippen LogP contribution in [0.5, 0.6) is 0 Å². The molecule has 0 unspecified atom stereocenters. The van der Waals surface area contributed by atoms with Crippen molar-refractivity contribution in [1.82, 2.24) is 0 Å². The van der Waals surface area contributed by atoms with Crippen LogP contribution in [-0.4, -0.2) is 67.1 Å². The molecule has 0 bridgehead atoms. The highest BCUT2D eigenvalue weighted by Crippen LogP contribution is 2.44. The third-order valence-corrected chi connectivity index (χ3v) is 21.8. The van der Waals surface area contributed by atoms with Gasteiger partial charge in [0.05, 0.1) is 6.61 Å². The van der Waals surface area contributed by atoms with Crippen LogP contribution in [-0.2, 0) is 22.8 Å². The van der Waals surface area contributed by atoms with Crippen LogP contribution >= 0.6 is 0 Å². The molecule has 0 radical (unpaired) electrons. The maximum absolute atomic E-state index is 13.2. The van der Waals surface area contributed by atoms with Gasteiger partial charge in [0.15, 0.2) is 37.2 Å². The zero-order valence-electron chi connectivity index (χ0n) is 24.0. The van der Waals surface area contributed by atoms with Gasteiger partial charge in [0, 0.05) is 0 Å². The van der Waals surface area contributed by atoms with Crippen LogP contribution in [0.3, 0.4) is 0 Å². The number of aliphatic hydroxyl groups is 1. The summed E-state index contributed by atoms with van der Waals surface area (Å²) in [6.07, 6.45) is -2.80. The number of aliphatic hydroxyl groups excluding tert-OH is 1. The van der Waals surface area contributed by atoms with E-state index in [1.165, 1.54) is 0 Å². The molecule has 0 aromatic carbocycles. The van der Waals surface area contributed by atoms with Gasteiger partial charge in [-0.2, -0.15) is 0 Å². The molecule has 1 aliphatic rings. The second kappa shape index (κ2) is 9.78. The van der Waals surface area contributed by atoms with E-state index >= 15 is 0 Å². The molecule has 0 amide bonds. The monoisotopic (exact) mass is 520 g/mol. The summed E-state index contributed by atoms with van der Waals surface area (Å²) >= 11 is 0. The molecule has 1 fully saturated rings. The first-order chi connectivity index (χ1) is 14.4. The highest BCUT2D eigenvalue weighted by Gasteiger charge is 2.57. The minimum absolute atomic E-state index is 0.0458. The molecular formula is C24H52O6Si3. The van der Waals surface area contributed by atoms with Crippen molar-refractivity contribution in [3.8, 4) is 0 Å². The lowest BCUT2D eigenvalue weighted by molar-refractivity contribution is -0.150. The van der Waals surface area contributed by atoms with Gasteiger partial charge in [0.25, 0.3) is 0 Å². The van der Waals surface area contributed by atoms with E-state index in [4.69, 9.17) is 18.0 Å². The van der Waals surface area contributed by atoms with Crippen molar-refractivity contribution in [2.75, 3.05) is 6.61 Å². The molecule has 1 saturated heterocycles. The van der Waals surface area contributed by atoms with Crippen LogP contribution in [0, 0.1) is 0 Å². The quantitative estimate of drug-likeness (QED) is 0.309. The summed E-state index contributed by atoms with van der Waals surface area (Å²) in [6, 6.07) is 0. The summed E-state index contributed by atoms with van der Waals surface area (Å²) in [5.74, 6) is -0.411. The number of carbonyl (C=O) groups is 1. The first-order valence-corrected chi connectivity index (χ1v) is 21.0. The number of cyclic esters (lactones) is 1. The molecule has 196 valence electrons. The third-order valence-electron chi connectivity index (χ3n) is 8.37. The Balaban J connectivity index is 3.44. The molecular weight excluding hydrogens is 469 g/mol. The molecule has 1 N–H and O–H groups in total. The number of carbonyl (C=O) groups excluding carboxylic acids is 1. The number of ether oxygens (including phenoxy) is 1. The Morgan fingerprint density at radius 2 is 1.18 bits per heavy atom. The van der Waals surface area contributed by atoms with Crippen LogP contribution in [0.4, 0.5) is 0 Å². The second-order valence-electron chi connectivity index (χ2n) is 14.1. The Kier molecular flexibility index (Phi) is 9.19. The fourth-order valence-corrected chi connectivity index (χ4v) is 6.71. The summed E-state index contributed by atoms with van der Waals surface area (Å²) < 4.78 is 25.9. The molecule has 1 aliphatic heterocycles. The highest BCUT2D eigenvalue weighted by molar-refractivity contribution is 6.75. The van der Waals surface area contributed by atoms with Gasteiger partial charge >= 0.3 is 5.97 Å². The largest absolute Gasteiger partial charge is 0.455 e. The van der Waals surface area contributed by atoms with Gasteiger partial charge in [0.1, 0.15) is 12.2 Å². The summed E-state index contributed by atoms with van der Waals surface area (Å²) in [5.41, 5.74) is 0. The van der Waals surface area contributed by atoms with Gasteiger partial charge in [-0.1, -0.05) is 62.3 Å². The van der Waals surface area contributed by atoms with E-state index in [1.807, 2.05) is 0 Å². The second-order valence-corrected chi connectivity index (χ2v) is 28.4. The van der Waals surface area contributed by atoms with Crippen LogP contribution < -0.4 is 0 Å². The SMILES string of the molecule is CC(C)(C)[Si](C)(C)O[C@H]1[C@H]([C@@H](CO)O[Si](C)(C)C(C)(C)C)OC(=O)[C@@H]1O[Si](C)(C)C(C)(C)C. The Hall–Kier alpha value is -0.0394. The van der Waals surface area contributed by atoms with Crippen molar-refractivity contribution in [1.29, 1.82) is 0 Å². The van der Waals surface area contributed by atoms with Crippen molar-refractivity contribution in [2.45, 2.75) is 141 Å². The zero-order valence-corrected chi connectivity index (χ0v) is 27.0. The summed E-state index contributed by atoms with van der Waals surface area (Å²) in [6.45, 7) is 32.1. The van der Waals surface area contributed by atoms with E-state index in [9.17, 15) is 9.90 Å². The summed E-state index contributed by atoms with van der Waals surface area (Å²) in [4.78, 5) is 13.2. The van der Waals surface area contributed by atoms with E-state index in [0.29, 0.717) is 0 Å². The van der Waals surface area contributed by atoms with Crippen LogP contribution in [0.15, 0.2) is 0 Å². The summed E-state index contributed by atoms with van der Waals surface area (Å²) in [5, 5.41) is 10.2. The molecule has 6 nitrogen and oxygen atoms in total.